The van der Waals surface area contributed by atoms with E-state index in [-0.39, 0.29) is 22.5 Å². The highest BCUT2D eigenvalue weighted by Gasteiger charge is 2.46. The maximum Gasteiger partial charge on any atom is 0.355 e. The monoisotopic (exact) mass is 373 g/mol. The third-order valence-electron chi connectivity index (χ3n) is 3.85. The molecule has 0 spiro atoms. The Kier molecular flexibility index (Phi) is 4.54. The fraction of sp³-hybridized carbons (Fsp3) is 0.235. The molecule has 4 rings (SSSR count). The number of benzene rings is 1. The molecule has 128 valence electrons. The van der Waals surface area contributed by atoms with E-state index in [1.807, 2.05) is 36.4 Å². The van der Waals surface area contributed by atoms with Crippen LogP contribution in [0.25, 0.3) is 0 Å². The summed E-state index contributed by atoms with van der Waals surface area (Å²) >= 11 is 3.35. The van der Waals surface area contributed by atoms with Crippen molar-refractivity contribution < 1.29 is 14.3 Å². The van der Waals surface area contributed by atoms with Crippen molar-refractivity contribution in [3.05, 3.63) is 60.3 Å². The van der Waals surface area contributed by atoms with Crippen molar-refractivity contribution in [1.82, 2.24) is 14.9 Å². The van der Waals surface area contributed by atoms with Crippen LogP contribution in [-0.4, -0.2) is 36.7 Å². The minimum Gasteiger partial charge on any atom is -0.453 e. The molecule has 2 aromatic rings. The number of amides is 1. The van der Waals surface area contributed by atoms with Crippen LogP contribution in [0.3, 0.4) is 0 Å². The van der Waals surface area contributed by atoms with Gasteiger partial charge in [-0.05, 0) is 18.2 Å². The zero-order valence-electron chi connectivity index (χ0n) is 13.1. The number of hydrogen-bond donors (Lipinski definition) is 1. The molecule has 1 unspecified atom stereocenters. The van der Waals surface area contributed by atoms with E-state index in [1.165, 1.54) is 4.90 Å². The van der Waals surface area contributed by atoms with E-state index < -0.39 is 5.97 Å². The largest absolute Gasteiger partial charge is 0.453 e. The number of nitrogens with zero attached hydrogens (tertiary/aromatic N) is 2. The number of esters is 1. The number of ether oxygens (including phenoxy) is 1. The van der Waals surface area contributed by atoms with Gasteiger partial charge in [-0.25, -0.2) is 9.78 Å². The average molecular weight is 373 g/mol. The zero-order chi connectivity index (χ0) is 17.2. The molecular formula is C17H15N3O3S2. The van der Waals surface area contributed by atoms with Crippen molar-refractivity contribution >= 4 is 35.4 Å². The van der Waals surface area contributed by atoms with Crippen LogP contribution < -0.4 is 0 Å². The second-order valence-corrected chi connectivity index (χ2v) is 8.36. The lowest BCUT2D eigenvalue weighted by Gasteiger charge is -2.44. The van der Waals surface area contributed by atoms with E-state index in [0.29, 0.717) is 17.9 Å². The Morgan fingerprint density at radius 2 is 2.24 bits per heavy atom. The quantitative estimate of drug-likeness (QED) is 0.642. The molecule has 1 saturated heterocycles. The maximum atomic E-state index is 12.5. The number of H-pyrrole nitrogens is 1. The van der Waals surface area contributed by atoms with Gasteiger partial charge in [0.1, 0.15) is 18.1 Å². The van der Waals surface area contributed by atoms with Gasteiger partial charge >= 0.3 is 5.97 Å². The fourth-order valence-corrected chi connectivity index (χ4v) is 5.46. The van der Waals surface area contributed by atoms with Crippen LogP contribution in [0.5, 0.6) is 0 Å². The van der Waals surface area contributed by atoms with Crippen molar-refractivity contribution in [3.63, 3.8) is 0 Å². The van der Waals surface area contributed by atoms with Crippen LogP contribution in [0, 0.1) is 0 Å². The summed E-state index contributed by atoms with van der Waals surface area (Å²) in [5, 5.41) is 0.00451. The van der Waals surface area contributed by atoms with E-state index in [2.05, 4.69) is 9.97 Å². The molecule has 1 N–H and O–H groups in total. The number of fused-ring (bicyclic) bond motifs is 1. The molecular weight excluding hydrogens is 358 g/mol. The Morgan fingerprint density at radius 3 is 2.96 bits per heavy atom. The van der Waals surface area contributed by atoms with Crippen molar-refractivity contribution in [3.8, 4) is 0 Å². The minimum atomic E-state index is -0.492. The van der Waals surface area contributed by atoms with Gasteiger partial charge < -0.3 is 9.72 Å². The summed E-state index contributed by atoms with van der Waals surface area (Å²) < 4.78 is 5.37. The van der Waals surface area contributed by atoms with Crippen LogP contribution >= 0.6 is 23.5 Å². The molecule has 8 heteroatoms. The van der Waals surface area contributed by atoms with Crippen molar-refractivity contribution in [1.29, 1.82) is 0 Å². The van der Waals surface area contributed by atoms with Crippen LogP contribution in [0.2, 0.25) is 0 Å². The molecule has 0 radical (unpaired) electrons. The molecule has 0 saturated carbocycles. The highest BCUT2D eigenvalue weighted by molar-refractivity contribution is 8.17. The standard InChI is InChI=1S/C17H15N3O3S2/c21-14-9-15-20(14)12(17(22)23-10-13-18-6-7-19-13)8-16(25-15)24-11-4-2-1-3-5-11/h1-8,15-16H,9-10H2,(H,18,19)/t15-,16?/m1/s1. The predicted molar refractivity (Wildman–Crippen MR) is 95.4 cm³/mol. The summed E-state index contributed by atoms with van der Waals surface area (Å²) in [6.45, 7) is 0.0551. The Bertz CT molecular complexity index is 808. The third kappa shape index (κ3) is 3.45. The average Bonchev–Trinajstić information content (AvgIpc) is 3.13. The summed E-state index contributed by atoms with van der Waals surface area (Å²) in [5.41, 5.74) is 0.333. The summed E-state index contributed by atoms with van der Waals surface area (Å²) in [6.07, 6.45) is 5.54. The summed E-state index contributed by atoms with van der Waals surface area (Å²) in [7, 11) is 0. The number of nitrogens with one attached hydrogen (secondary N) is 1. The van der Waals surface area contributed by atoms with Gasteiger partial charge in [-0.1, -0.05) is 18.2 Å². The highest BCUT2D eigenvalue weighted by Crippen LogP contribution is 2.46. The predicted octanol–water partition coefficient (Wildman–Crippen LogP) is 2.76. The fourth-order valence-electron chi connectivity index (χ4n) is 2.64. The minimum absolute atomic E-state index is 0.00451. The van der Waals surface area contributed by atoms with E-state index >= 15 is 0 Å². The summed E-state index contributed by atoms with van der Waals surface area (Å²) in [6, 6.07) is 10.0. The number of β-lactam (4-membered cyclic amide) rings is 1. The Labute approximate surface area is 153 Å². The van der Waals surface area contributed by atoms with Crippen LogP contribution in [-0.2, 0) is 20.9 Å². The second-order valence-electron chi connectivity index (χ2n) is 5.52. The first-order chi connectivity index (χ1) is 12.2. The first-order valence-electron chi connectivity index (χ1n) is 7.77. The summed E-state index contributed by atoms with van der Waals surface area (Å²) in [4.78, 5) is 34.0. The SMILES string of the molecule is O=C(OCc1ncc[nH]1)C1=CC(Sc2ccccc2)S[C@@H]2CC(=O)N12. The van der Waals surface area contributed by atoms with Gasteiger partial charge in [0.2, 0.25) is 5.91 Å². The number of hydrogen-bond acceptors (Lipinski definition) is 6. The number of carbonyl (C=O) groups excluding carboxylic acids is 2. The van der Waals surface area contributed by atoms with Gasteiger partial charge in [0, 0.05) is 17.3 Å². The lowest BCUT2D eigenvalue weighted by atomic mass is 10.1. The van der Waals surface area contributed by atoms with Crippen LogP contribution in [0.4, 0.5) is 0 Å². The van der Waals surface area contributed by atoms with E-state index in [4.69, 9.17) is 4.74 Å². The third-order valence-corrected chi connectivity index (χ3v) is 6.48. The molecule has 1 aromatic carbocycles. The van der Waals surface area contributed by atoms with Gasteiger partial charge in [0.15, 0.2) is 0 Å². The Morgan fingerprint density at radius 1 is 1.40 bits per heavy atom. The van der Waals surface area contributed by atoms with E-state index in [1.54, 1.807) is 35.9 Å². The second kappa shape index (κ2) is 6.97. The highest BCUT2D eigenvalue weighted by atomic mass is 32.2. The topological polar surface area (TPSA) is 75.3 Å². The molecule has 25 heavy (non-hydrogen) atoms. The Hall–Kier alpha value is -2.19. The first kappa shape index (κ1) is 16.3. The van der Waals surface area contributed by atoms with Gasteiger partial charge in [-0.15, -0.1) is 23.5 Å². The molecule has 0 aliphatic carbocycles. The number of aromatic amines is 1. The Balaban J connectivity index is 1.50. The van der Waals surface area contributed by atoms with E-state index in [9.17, 15) is 9.59 Å². The molecule has 2 atom stereocenters. The number of aromatic nitrogens is 2. The molecule has 1 amide bonds. The smallest absolute Gasteiger partial charge is 0.355 e. The lowest BCUT2D eigenvalue weighted by molar-refractivity contribution is -0.150. The molecule has 1 aromatic heterocycles. The number of rotatable bonds is 5. The molecule has 6 nitrogen and oxygen atoms in total. The van der Waals surface area contributed by atoms with Gasteiger partial charge in [-0.2, -0.15) is 0 Å². The molecule has 3 heterocycles. The molecule has 2 aliphatic rings. The first-order valence-corrected chi connectivity index (χ1v) is 9.59. The number of thioether (sulfide) groups is 2. The van der Waals surface area contributed by atoms with Gasteiger partial charge in [-0.3, -0.25) is 9.69 Å². The zero-order valence-corrected chi connectivity index (χ0v) is 14.8. The molecule has 1 fully saturated rings. The van der Waals surface area contributed by atoms with Crippen molar-refractivity contribution in [2.24, 2.45) is 0 Å². The van der Waals surface area contributed by atoms with Crippen LogP contribution in [0.15, 0.2) is 59.4 Å². The maximum absolute atomic E-state index is 12.5. The molecule has 2 aliphatic heterocycles. The number of carbonyl (C=O) groups is 2. The van der Waals surface area contributed by atoms with E-state index in [0.717, 1.165) is 4.90 Å². The lowest BCUT2D eigenvalue weighted by Crippen LogP contribution is -2.54. The van der Waals surface area contributed by atoms with Crippen LogP contribution in [0.1, 0.15) is 12.2 Å². The normalized spacial score (nSPS) is 22.0. The summed E-state index contributed by atoms with van der Waals surface area (Å²) in [5.74, 6) is 0.0381. The van der Waals surface area contributed by atoms with Crippen molar-refractivity contribution in [2.45, 2.75) is 27.9 Å². The van der Waals surface area contributed by atoms with Gasteiger partial charge in [0.05, 0.1) is 16.4 Å². The molecule has 0 bridgehead atoms. The number of imidazole rings is 1. The van der Waals surface area contributed by atoms with Gasteiger partial charge in [0.25, 0.3) is 0 Å². The van der Waals surface area contributed by atoms with Crippen molar-refractivity contribution in [2.75, 3.05) is 0 Å².